The second-order valence-corrected chi connectivity index (χ2v) is 6.11. The van der Waals surface area contributed by atoms with E-state index in [1.165, 1.54) is 14.3 Å². The van der Waals surface area contributed by atoms with Crippen LogP contribution in [0.25, 0.3) is 21.2 Å². The van der Waals surface area contributed by atoms with Crippen LogP contribution in [-0.2, 0) is 0 Å². The van der Waals surface area contributed by atoms with Crippen molar-refractivity contribution in [2.24, 2.45) is 0 Å². The summed E-state index contributed by atoms with van der Waals surface area (Å²) in [5.41, 5.74) is 2.07. The molecule has 1 N–H and O–H groups in total. The number of phenolic OH excluding ortho intramolecular Hbond substituents is 1. The van der Waals surface area contributed by atoms with Crippen LogP contribution in [0.1, 0.15) is 0 Å². The lowest BCUT2D eigenvalue weighted by Gasteiger charge is -2.05. The fourth-order valence-corrected chi connectivity index (χ4v) is 4.08. The minimum absolute atomic E-state index is 0.344. The van der Waals surface area contributed by atoms with Gasteiger partial charge in [0.1, 0.15) is 5.75 Å². The van der Waals surface area contributed by atoms with E-state index in [2.05, 4.69) is 24.5 Å². The lowest BCUT2D eigenvalue weighted by molar-refractivity contribution is 0.477. The zero-order valence-electron chi connectivity index (χ0n) is 9.88. The molecule has 0 bridgehead atoms. The molecule has 0 unspecified atom stereocenters. The minimum Gasteiger partial charge on any atom is -0.507 e. The van der Waals surface area contributed by atoms with Crippen LogP contribution in [0.2, 0.25) is 0 Å². The Balaban J connectivity index is 2.37. The standard InChI is InChI=1S/C15H12OS2/c1-17-15-14(10-6-2-4-8-12(10)16)11-7-3-5-9-13(11)18-15/h2-9,16H,1H3. The summed E-state index contributed by atoms with van der Waals surface area (Å²) in [5, 5.41) is 11.3. The number of fused-ring (bicyclic) bond motifs is 1. The largest absolute Gasteiger partial charge is 0.507 e. The van der Waals surface area contributed by atoms with Gasteiger partial charge in [-0.2, -0.15) is 0 Å². The molecule has 3 heteroatoms. The molecule has 0 spiro atoms. The lowest BCUT2D eigenvalue weighted by Crippen LogP contribution is -1.78. The maximum atomic E-state index is 10.1. The Morgan fingerprint density at radius 1 is 1.00 bits per heavy atom. The number of para-hydroxylation sites is 1. The summed E-state index contributed by atoms with van der Waals surface area (Å²) in [5.74, 6) is 0.344. The highest BCUT2D eigenvalue weighted by molar-refractivity contribution is 8.00. The molecule has 3 aromatic rings. The Kier molecular flexibility index (Phi) is 3.02. The fourth-order valence-electron chi connectivity index (χ4n) is 2.11. The van der Waals surface area contributed by atoms with E-state index in [0.29, 0.717) is 5.75 Å². The Morgan fingerprint density at radius 2 is 1.72 bits per heavy atom. The van der Waals surface area contributed by atoms with Crippen molar-refractivity contribution >= 4 is 33.2 Å². The molecule has 0 saturated carbocycles. The van der Waals surface area contributed by atoms with Crippen molar-refractivity contribution in [3.05, 3.63) is 48.5 Å². The maximum Gasteiger partial charge on any atom is 0.123 e. The van der Waals surface area contributed by atoms with Gasteiger partial charge in [0, 0.05) is 21.2 Å². The molecule has 0 amide bonds. The monoisotopic (exact) mass is 272 g/mol. The Hall–Kier alpha value is -1.45. The van der Waals surface area contributed by atoms with Crippen LogP contribution < -0.4 is 0 Å². The molecular weight excluding hydrogens is 260 g/mol. The number of rotatable bonds is 2. The van der Waals surface area contributed by atoms with Crippen molar-refractivity contribution in [2.75, 3.05) is 6.26 Å². The van der Waals surface area contributed by atoms with Crippen LogP contribution in [0.5, 0.6) is 5.75 Å². The molecule has 0 atom stereocenters. The van der Waals surface area contributed by atoms with Gasteiger partial charge >= 0.3 is 0 Å². The zero-order valence-corrected chi connectivity index (χ0v) is 11.5. The van der Waals surface area contributed by atoms with Crippen LogP contribution >= 0.6 is 23.1 Å². The molecule has 0 saturated heterocycles. The van der Waals surface area contributed by atoms with Gasteiger partial charge in [0.25, 0.3) is 0 Å². The SMILES string of the molecule is CSc1sc2ccccc2c1-c1ccccc1O. The molecular formula is C15H12OS2. The molecule has 2 aromatic carbocycles. The van der Waals surface area contributed by atoms with Crippen molar-refractivity contribution in [3.8, 4) is 16.9 Å². The predicted molar refractivity (Wildman–Crippen MR) is 80.7 cm³/mol. The van der Waals surface area contributed by atoms with E-state index in [9.17, 15) is 5.11 Å². The molecule has 1 nitrogen and oxygen atoms in total. The van der Waals surface area contributed by atoms with E-state index in [4.69, 9.17) is 0 Å². The summed E-state index contributed by atoms with van der Waals surface area (Å²) in [6.07, 6.45) is 2.08. The summed E-state index contributed by atoms with van der Waals surface area (Å²) in [4.78, 5) is 0. The van der Waals surface area contributed by atoms with Crippen molar-refractivity contribution < 1.29 is 5.11 Å². The molecule has 18 heavy (non-hydrogen) atoms. The Morgan fingerprint density at radius 3 is 2.50 bits per heavy atom. The summed E-state index contributed by atoms with van der Waals surface area (Å²) >= 11 is 3.51. The molecule has 1 aromatic heterocycles. The third kappa shape index (κ3) is 1.80. The van der Waals surface area contributed by atoms with E-state index in [0.717, 1.165) is 11.1 Å². The van der Waals surface area contributed by atoms with Gasteiger partial charge in [0.2, 0.25) is 0 Å². The first-order chi connectivity index (χ1) is 8.81. The average Bonchev–Trinajstić information content (AvgIpc) is 2.78. The first-order valence-electron chi connectivity index (χ1n) is 5.65. The number of thioether (sulfide) groups is 1. The molecule has 1 heterocycles. The molecule has 90 valence electrons. The minimum atomic E-state index is 0.344. The maximum absolute atomic E-state index is 10.1. The highest BCUT2D eigenvalue weighted by Crippen LogP contribution is 2.45. The third-order valence-electron chi connectivity index (χ3n) is 2.92. The van der Waals surface area contributed by atoms with E-state index in [-0.39, 0.29) is 0 Å². The highest BCUT2D eigenvalue weighted by Gasteiger charge is 2.15. The normalized spacial score (nSPS) is 10.9. The highest BCUT2D eigenvalue weighted by atomic mass is 32.2. The van der Waals surface area contributed by atoms with Crippen molar-refractivity contribution in [3.63, 3.8) is 0 Å². The molecule has 3 rings (SSSR count). The lowest BCUT2D eigenvalue weighted by atomic mass is 10.0. The number of hydrogen-bond donors (Lipinski definition) is 1. The predicted octanol–water partition coefficient (Wildman–Crippen LogP) is 5.00. The van der Waals surface area contributed by atoms with Crippen LogP contribution in [0, 0.1) is 0 Å². The molecule has 0 radical (unpaired) electrons. The zero-order chi connectivity index (χ0) is 12.5. The van der Waals surface area contributed by atoms with Crippen LogP contribution in [0.15, 0.2) is 52.7 Å². The first kappa shape index (κ1) is 11.6. The molecule has 0 aliphatic heterocycles. The number of phenols is 1. The Labute approximate surface area is 114 Å². The average molecular weight is 272 g/mol. The van der Waals surface area contributed by atoms with E-state index < -0.39 is 0 Å². The van der Waals surface area contributed by atoms with E-state index in [1.807, 2.05) is 24.3 Å². The van der Waals surface area contributed by atoms with Crippen molar-refractivity contribution in [2.45, 2.75) is 4.21 Å². The van der Waals surface area contributed by atoms with Gasteiger partial charge in [-0.15, -0.1) is 23.1 Å². The molecule has 0 aliphatic carbocycles. The van der Waals surface area contributed by atoms with Gasteiger partial charge < -0.3 is 5.11 Å². The van der Waals surface area contributed by atoms with E-state index >= 15 is 0 Å². The van der Waals surface area contributed by atoms with Crippen molar-refractivity contribution in [1.29, 1.82) is 0 Å². The number of hydrogen-bond acceptors (Lipinski definition) is 3. The number of thiophene rings is 1. The van der Waals surface area contributed by atoms with Gasteiger partial charge in [0.15, 0.2) is 0 Å². The van der Waals surface area contributed by atoms with Crippen molar-refractivity contribution in [1.82, 2.24) is 0 Å². The van der Waals surface area contributed by atoms with Gasteiger partial charge in [-0.1, -0.05) is 36.4 Å². The topological polar surface area (TPSA) is 20.2 Å². The van der Waals surface area contributed by atoms with Crippen LogP contribution in [0.3, 0.4) is 0 Å². The van der Waals surface area contributed by atoms with Gasteiger partial charge in [0.05, 0.1) is 4.21 Å². The summed E-state index contributed by atoms with van der Waals surface area (Å²) in [6, 6.07) is 15.9. The smallest absolute Gasteiger partial charge is 0.123 e. The summed E-state index contributed by atoms with van der Waals surface area (Å²) < 4.78 is 2.51. The summed E-state index contributed by atoms with van der Waals surface area (Å²) in [7, 11) is 0. The van der Waals surface area contributed by atoms with Gasteiger partial charge in [-0.25, -0.2) is 0 Å². The number of aromatic hydroxyl groups is 1. The first-order valence-corrected chi connectivity index (χ1v) is 7.69. The quantitative estimate of drug-likeness (QED) is 0.663. The van der Waals surface area contributed by atoms with Crippen LogP contribution in [0.4, 0.5) is 0 Å². The van der Waals surface area contributed by atoms with Gasteiger partial charge in [-0.3, -0.25) is 0 Å². The van der Waals surface area contributed by atoms with E-state index in [1.54, 1.807) is 29.2 Å². The van der Waals surface area contributed by atoms with Crippen LogP contribution in [-0.4, -0.2) is 11.4 Å². The second-order valence-electron chi connectivity index (χ2n) is 3.98. The third-order valence-corrected chi connectivity index (χ3v) is 5.21. The van der Waals surface area contributed by atoms with Gasteiger partial charge in [-0.05, 0) is 18.4 Å². The number of benzene rings is 2. The second kappa shape index (κ2) is 4.67. The fraction of sp³-hybridized carbons (Fsp3) is 0.0667. The molecule has 0 fully saturated rings. The summed E-state index contributed by atoms with van der Waals surface area (Å²) in [6.45, 7) is 0. The Bertz CT molecular complexity index is 701. The molecule has 0 aliphatic rings.